The van der Waals surface area contributed by atoms with E-state index >= 15 is 0 Å². The Morgan fingerprint density at radius 3 is 2.57 bits per heavy atom. The lowest BCUT2D eigenvalue weighted by Crippen LogP contribution is -2.59. The maximum atomic E-state index is 11.7. The average Bonchev–Trinajstić information content (AvgIpc) is 2.02. The molecule has 0 bridgehead atoms. The number of nitrogens with one attached hydrogen (secondary N) is 2. The minimum atomic E-state index is -1.22. The molecule has 1 heterocycles. The molecule has 0 aromatic rings. The Hall–Kier alpha value is -0.610. The molecule has 0 aromatic carbocycles. The van der Waals surface area contributed by atoms with Crippen LogP contribution in [-0.2, 0) is 4.79 Å². The summed E-state index contributed by atoms with van der Waals surface area (Å²) in [7, 11) is 0. The van der Waals surface area contributed by atoms with Crippen LogP contribution in [-0.4, -0.2) is 35.2 Å². The fourth-order valence-electron chi connectivity index (χ4n) is 1.54. The molecule has 3 N–H and O–H groups in total. The summed E-state index contributed by atoms with van der Waals surface area (Å²) in [5.41, 5.74) is -1.50. The van der Waals surface area contributed by atoms with Crippen molar-refractivity contribution in [1.82, 2.24) is 10.6 Å². The van der Waals surface area contributed by atoms with Gasteiger partial charge in [-0.3, -0.25) is 4.79 Å². The average molecular weight is 200 g/mol. The molecule has 1 aliphatic heterocycles. The molecule has 0 aromatic heterocycles. The number of hydrogen-bond acceptors (Lipinski definition) is 3. The van der Waals surface area contributed by atoms with Crippen molar-refractivity contribution in [2.45, 2.75) is 44.8 Å². The third-order valence-corrected chi connectivity index (χ3v) is 2.27. The largest absolute Gasteiger partial charge is 0.379 e. The van der Waals surface area contributed by atoms with E-state index in [1.54, 1.807) is 0 Å². The standard InChI is InChI=1S/C10H20N2O2/c1-9(2,3)12-8(13)10(14)5-4-6-11-7-10/h11,14H,4-7H2,1-3H3,(H,12,13). The molecule has 14 heavy (non-hydrogen) atoms. The lowest BCUT2D eigenvalue weighted by molar-refractivity contribution is -0.143. The Balaban J connectivity index is 2.58. The number of piperidine rings is 1. The van der Waals surface area contributed by atoms with Crippen LogP contribution in [0.5, 0.6) is 0 Å². The maximum absolute atomic E-state index is 11.7. The van der Waals surface area contributed by atoms with Gasteiger partial charge in [0, 0.05) is 12.1 Å². The van der Waals surface area contributed by atoms with Crippen molar-refractivity contribution in [3.8, 4) is 0 Å². The molecule has 1 unspecified atom stereocenters. The highest BCUT2D eigenvalue weighted by Gasteiger charge is 2.38. The molecule has 1 saturated heterocycles. The van der Waals surface area contributed by atoms with Crippen molar-refractivity contribution in [3.05, 3.63) is 0 Å². The third-order valence-electron chi connectivity index (χ3n) is 2.27. The van der Waals surface area contributed by atoms with Crippen LogP contribution < -0.4 is 10.6 Å². The zero-order chi connectivity index (χ0) is 10.8. The monoisotopic (exact) mass is 200 g/mol. The van der Waals surface area contributed by atoms with E-state index in [1.807, 2.05) is 20.8 Å². The molecule has 1 atom stereocenters. The zero-order valence-corrected chi connectivity index (χ0v) is 9.18. The van der Waals surface area contributed by atoms with E-state index in [-0.39, 0.29) is 11.4 Å². The maximum Gasteiger partial charge on any atom is 0.253 e. The van der Waals surface area contributed by atoms with Crippen LogP contribution in [0.4, 0.5) is 0 Å². The predicted molar refractivity (Wildman–Crippen MR) is 54.9 cm³/mol. The minimum absolute atomic E-state index is 0.266. The number of β-amino-alcohol motifs (C(OH)–C–C–N with tert-alkyl or cyclic N) is 1. The SMILES string of the molecule is CC(C)(C)NC(=O)C1(O)CCCNC1. The summed E-state index contributed by atoms with van der Waals surface area (Å²) < 4.78 is 0. The number of rotatable bonds is 1. The summed E-state index contributed by atoms with van der Waals surface area (Å²) in [4.78, 5) is 11.7. The van der Waals surface area contributed by atoms with Crippen molar-refractivity contribution in [2.24, 2.45) is 0 Å². The van der Waals surface area contributed by atoms with E-state index in [1.165, 1.54) is 0 Å². The minimum Gasteiger partial charge on any atom is -0.379 e. The second kappa shape index (κ2) is 3.87. The fourth-order valence-corrected chi connectivity index (χ4v) is 1.54. The Labute approximate surface area is 85.1 Å². The van der Waals surface area contributed by atoms with Crippen molar-refractivity contribution in [2.75, 3.05) is 13.1 Å². The van der Waals surface area contributed by atoms with Crippen LogP contribution in [0.2, 0.25) is 0 Å². The highest BCUT2D eigenvalue weighted by molar-refractivity contribution is 5.85. The van der Waals surface area contributed by atoms with Gasteiger partial charge >= 0.3 is 0 Å². The number of amides is 1. The van der Waals surface area contributed by atoms with E-state index in [9.17, 15) is 9.90 Å². The second-order valence-corrected chi connectivity index (χ2v) is 5.02. The number of carbonyl (C=O) groups is 1. The van der Waals surface area contributed by atoms with Crippen LogP contribution in [0, 0.1) is 0 Å². The molecule has 0 spiro atoms. The van der Waals surface area contributed by atoms with Gasteiger partial charge in [-0.2, -0.15) is 0 Å². The first-order chi connectivity index (χ1) is 6.33. The summed E-state index contributed by atoms with van der Waals surface area (Å²) >= 11 is 0. The Morgan fingerprint density at radius 2 is 2.14 bits per heavy atom. The van der Waals surface area contributed by atoms with Crippen LogP contribution in [0.15, 0.2) is 0 Å². The normalized spacial score (nSPS) is 28.6. The molecule has 0 saturated carbocycles. The summed E-state index contributed by atoms with van der Waals surface area (Å²) in [5.74, 6) is -0.266. The van der Waals surface area contributed by atoms with Crippen molar-refractivity contribution >= 4 is 5.91 Å². The van der Waals surface area contributed by atoms with Crippen molar-refractivity contribution < 1.29 is 9.90 Å². The summed E-state index contributed by atoms with van der Waals surface area (Å²) in [6.45, 7) is 6.96. The van der Waals surface area contributed by atoms with Gasteiger partial charge in [0.25, 0.3) is 5.91 Å². The van der Waals surface area contributed by atoms with Gasteiger partial charge in [0.2, 0.25) is 0 Å². The quantitative estimate of drug-likeness (QED) is 0.559. The Bertz CT molecular complexity index is 215. The number of aliphatic hydroxyl groups is 1. The van der Waals surface area contributed by atoms with E-state index < -0.39 is 5.60 Å². The molecule has 82 valence electrons. The van der Waals surface area contributed by atoms with Crippen molar-refractivity contribution in [3.63, 3.8) is 0 Å². The van der Waals surface area contributed by atoms with Gasteiger partial charge in [0.05, 0.1) is 0 Å². The Kier molecular flexibility index (Phi) is 3.17. The predicted octanol–water partition coefficient (Wildman–Crippen LogP) is 0.0156. The molecule has 0 aliphatic carbocycles. The van der Waals surface area contributed by atoms with Gasteiger partial charge < -0.3 is 15.7 Å². The first-order valence-corrected chi connectivity index (χ1v) is 5.09. The molecule has 4 heteroatoms. The molecular formula is C10H20N2O2. The summed E-state index contributed by atoms with van der Waals surface area (Å²) in [5, 5.41) is 15.9. The van der Waals surface area contributed by atoms with Crippen LogP contribution >= 0.6 is 0 Å². The van der Waals surface area contributed by atoms with E-state index in [4.69, 9.17) is 0 Å². The molecule has 0 radical (unpaired) electrons. The molecule has 1 amide bonds. The van der Waals surface area contributed by atoms with Crippen LogP contribution in [0.25, 0.3) is 0 Å². The van der Waals surface area contributed by atoms with Gasteiger partial charge in [0.1, 0.15) is 0 Å². The topological polar surface area (TPSA) is 61.4 Å². The lowest BCUT2D eigenvalue weighted by Gasteiger charge is -2.34. The summed E-state index contributed by atoms with van der Waals surface area (Å²) in [6.07, 6.45) is 1.38. The van der Waals surface area contributed by atoms with Gasteiger partial charge in [0.15, 0.2) is 5.60 Å². The highest BCUT2D eigenvalue weighted by atomic mass is 16.3. The second-order valence-electron chi connectivity index (χ2n) is 5.02. The molecule has 1 fully saturated rings. The van der Waals surface area contributed by atoms with Gasteiger partial charge in [-0.1, -0.05) is 0 Å². The van der Waals surface area contributed by atoms with Crippen LogP contribution in [0.3, 0.4) is 0 Å². The highest BCUT2D eigenvalue weighted by Crippen LogP contribution is 2.17. The molecule has 4 nitrogen and oxygen atoms in total. The van der Waals surface area contributed by atoms with E-state index in [0.717, 1.165) is 13.0 Å². The molecule has 1 rings (SSSR count). The summed E-state index contributed by atoms with van der Waals surface area (Å²) in [6, 6.07) is 0. The van der Waals surface area contributed by atoms with Gasteiger partial charge in [-0.15, -0.1) is 0 Å². The molecular weight excluding hydrogens is 180 g/mol. The smallest absolute Gasteiger partial charge is 0.253 e. The third kappa shape index (κ3) is 2.96. The Morgan fingerprint density at radius 1 is 1.50 bits per heavy atom. The lowest BCUT2D eigenvalue weighted by atomic mass is 9.92. The first kappa shape index (κ1) is 11.5. The fraction of sp³-hybridized carbons (Fsp3) is 0.900. The number of carbonyl (C=O) groups excluding carboxylic acids is 1. The molecule has 1 aliphatic rings. The van der Waals surface area contributed by atoms with Gasteiger partial charge in [-0.25, -0.2) is 0 Å². The van der Waals surface area contributed by atoms with Crippen LogP contribution in [0.1, 0.15) is 33.6 Å². The first-order valence-electron chi connectivity index (χ1n) is 5.09. The van der Waals surface area contributed by atoms with E-state index in [2.05, 4.69) is 10.6 Å². The van der Waals surface area contributed by atoms with Gasteiger partial charge in [-0.05, 0) is 40.2 Å². The van der Waals surface area contributed by atoms with E-state index in [0.29, 0.717) is 13.0 Å². The number of hydrogen-bond donors (Lipinski definition) is 3. The van der Waals surface area contributed by atoms with Crippen molar-refractivity contribution in [1.29, 1.82) is 0 Å². The zero-order valence-electron chi connectivity index (χ0n) is 9.18.